The van der Waals surface area contributed by atoms with Crippen LogP contribution in [0.5, 0.6) is 11.5 Å². The monoisotopic (exact) mass is 395 g/mol. The molecule has 0 amide bonds. The van der Waals surface area contributed by atoms with E-state index in [4.69, 9.17) is 14.2 Å². The second kappa shape index (κ2) is 9.78. The molecule has 0 spiro atoms. The molecule has 0 bridgehead atoms. The Hall–Kier alpha value is -3.28. The Kier molecular flexibility index (Phi) is 6.89. The van der Waals surface area contributed by atoms with Gasteiger partial charge in [-0.2, -0.15) is 0 Å². The lowest BCUT2D eigenvalue weighted by Gasteiger charge is -2.13. The van der Waals surface area contributed by atoms with Crippen molar-refractivity contribution in [2.45, 2.75) is 32.8 Å². The van der Waals surface area contributed by atoms with Crippen molar-refractivity contribution < 1.29 is 23.8 Å². The van der Waals surface area contributed by atoms with Crippen LogP contribution in [0.25, 0.3) is 10.9 Å². The summed E-state index contributed by atoms with van der Waals surface area (Å²) in [5.74, 6) is 0.672. The second-order valence-electron chi connectivity index (χ2n) is 6.58. The molecule has 0 saturated carbocycles. The van der Waals surface area contributed by atoms with Gasteiger partial charge in [0.25, 0.3) is 0 Å². The second-order valence-corrected chi connectivity index (χ2v) is 6.58. The van der Waals surface area contributed by atoms with E-state index in [0.717, 1.165) is 10.9 Å². The van der Waals surface area contributed by atoms with Crippen molar-refractivity contribution in [3.63, 3.8) is 0 Å². The fraction of sp³-hybridized carbons (Fsp3) is 0.304. The van der Waals surface area contributed by atoms with Crippen molar-refractivity contribution in [3.8, 4) is 11.5 Å². The molecule has 0 fully saturated rings. The number of hydrogen-bond donors (Lipinski definition) is 1. The number of esters is 1. The Morgan fingerprint density at radius 3 is 2.45 bits per heavy atom. The van der Waals surface area contributed by atoms with Gasteiger partial charge in [-0.05, 0) is 38.5 Å². The van der Waals surface area contributed by atoms with Crippen LogP contribution in [0.3, 0.4) is 0 Å². The highest BCUT2D eigenvalue weighted by atomic mass is 16.5. The first-order valence-electron chi connectivity index (χ1n) is 9.74. The number of hydrogen-bond acceptors (Lipinski definition) is 5. The van der Waals surface area contributed by atoms with Crippen LogP contribution in [0.15, 0.2) is 54.7 Å². The average molecular weight is 395 g/mol. The molecule has 3 aromatic rings. The summed E-state index contributed by atoms with van der Waals surface area (Å²) in [5.41, 5.74) is 1.40. The van der Waals surface area contributed by atoms with E-state index in [-0.39, 0.29) is 12.2 Å². The Morgan fingerprint density at radius 2 is 1.69 bits per heavy atom. The van der Waals surface area contributed by atoms with Gasteiger partial charge in [0.2, 0.25) is 5.78 Å². The summed E-state index contributed by atoms with van der Waals surface area (Å²) >= 11 is 0. The number of para-hydroxylation sites is 3. The maximum absolute atomic E-state index is 12.6. The first-order valence-corrected chi connectivity index (χ1v) is 9.74. The van der Waals surface area contributed by atoms with Crippen LogP contribution >= 0.6 is 0 Å². The highest BCUT2D eigenvalue weighted by Gasteiger charge is 2.22. The molecular formula is C23H25NO5. The SMILES string of the molecule is CCOc1ccccc1OCCCC(=O)O[C@@H](C)C(=O)c1c[nH]c2ccccc12. The molecule has 1 N–H and O–H groups in total. The molecule has 0 aliphatic rings. The van der Waals surface area contributed by atoms with Crippen LogP contribution < -0.4 is 9.47 Å². The molecule has 1 aromatic heterocycles. The van der Waals surface area contributed by atoms with Crippen molar-refractivity contribution >= 4 is 22.7 Å². The van der Waals surface area contributed by atoms with E-state index in [0.29, 0.717) is 36.7 Å². The summed E-state index contributed by atoms with van der Waals surface area (Å²) in [4.78, 5) is 27.8. The molecule has 29 heavy (non-hydrogen) atoms. The van der Waals surface area contributed by atoms with Gasteiger partial charge < -0.3 is 19.2 Å². The van der Waals surface area contributed by atoms with Crippen molar-refractivity contribution in [2.24, 2.45) is 0 Å². The number of rotatable bonds is 10. The predicted octanol–water partition coefficient (Wildman–Crippen LogP) is 4.54. The molecule has 2 aromatic carbocycles. The van der Waals surface area contributed by atoms with Crippen molar-refractivity contribution in [1.82, 2.24) is 4.98 Å². The molecule has 1 heterocycles. The summed E-state index contributed by atoms with van der Waals surface area (Å²) in [7, 11) is 0. The molecule has 0 radical (unpaired) electrons. The lowest BCUT2D eigenvalue weighted by atomic mass is 10.1. The minimum atomic E-state index is -0.846. The number of nitrogens with one attached hydrogen (secondary N) is 1. The first-order chi connectivity index (χ1) is 14.1. The quantitative estimate of drug-likeness (QED) is 0.310. The summed E-state index contributed by atoms with van der Waals surface area (Å²) in [5, 5.41) is 0.821. The number of carbonyl (C=O) groups is 2. The minimum Gasteiger partial charge on any atom is -0.490 e. The Morgan fingerprint density at radius 1 is 1.00 bits per heavy atom. The Labute approximate surface area is 169 Å². The van der Waals surface area contributed by atoms with Crippen molar-refractivity contribution in [1.29, 1.82) is 0 Å². The lowest BCUT2D eigenvalue weighted by molar-refractivity contribution is -0.146. The van der Waals surface area contributed by atoms with Crippen molar-refractivity contribution in [2.75, 3.05) is 13.2 Å². The zero-order chi connectivity index (χ0) is 20.6. The first kappa shape index (κ1) is 20.5. The van der Waals surface area contributed by atoms with Gasteiger partial charge in [-0.25, -0.2) is 0 Å². The zero-order valence-electron chi connectivity index (χ0n) is 16.6. The standard InChI is InChI=1S/C23H25NO5/c1-3-27-20-11-6-7-12-21(20)28-14-8-13-22(25)29-16(2)23(26)18-15-24-19-10-5-4-9-17(18)19/h4-7,9-12,15-16,24H,3,8,13-14H2,1-2H3/t16-/m0/s1. The molecule has 0 unspecified atom stereocenters. The third-order valence-corrected chi connectivity index (χ3v) is 4.46. The molecular weight excluding hydrogens is 370 g/mol. The average Bonchev–Trinajstić information content (AvgIpc) is 3.16. The van der Waals surface area contributed by atoms with Gasteiger partial charge in [-0.15, -0.1) is 0 Å². The Bertz CT molecular complexity index is 978. The number of aromatic amines is 1. The smallest absolute Gasteiger partial charge is 0.306 e. The summed E-state index contributed by atoms with van der Waals surface area (Å²) < 4.78 is 16.5. The molecule has 6 nitrogen and oxygen atoms in total. The van der Waals surface area contributed by atoms with Gasteiger partial charge in [0, 0.05) is 29.1 Å². The molecule has 0 saturated heterocycles. The summed E-state index contributed by atoms with van der Waals surface area (Å²) in [6.45, 7) is 4.40. The number of H-pyrrole nitrogens is 1. The van der Waals surface area contributed by atoms with Gasteiger partial charge in [-0.1, -0.05) is 30.3 Å². The number of carbonyl (C=O) groups excluding carboxylic acids is 2. The predicted molar refractivity (Wildman–Crippen MR) is 111 cm³/mol. The van der Waals surface area contributed by atoms with E-state index >= 15 is 0 Å². The van der Waals surface area contributed by atoms with Crippen molar-refractivity contribution in [3.05, 3.63) is 60.3 Å². The molecule has 0 aliphatic heterocycles. The molecule has 6 heteroatoms. The summed E-state index contributed by atoms with van der Waals surface area (Å²) in [6.07, 6.45) is 1.46. The van der Waals surface area contributed by atoms with E-state index in [1.807, 2.05) is 55.5 Å². The van der Waals surface area contributed by atoms with Gasteiger partial charge in [0.1, 0.15) is 0 Å². The topological polar surface area (TPSA) is 77.6 Å². The number of aromatic nitrogens is 1. The van der Waals surface area contributed by atoms with Crippen LogP contribution in [0.1, 0.15) is 37.0 Å². The number of ether oxygens (including phenoxy) is 3. The normalized spacial score (nSPS) is 11.8. The van der Waals surface area contributed by atoms with E-state index in [1.165, 1.54) is 0 Å². The summed E-state index contributed by atoms with van der Waals surface area (Å²) in [6, 6.07) is 14.9. The van der Waals surface area contributed by atoms with Gasteiger partial charge in [0.15, 0.2) is 17.6 Å². The van der Waals surface area contributed by atoms with Crippen LogP contribution in [0.4, 0.5) is 0 Å². The number of benzene rings is 2. The molecule has 0 aliphatic carbocycles. The number of fused-ring (bicyclic) bond motifs is 1. The third-order valence-electron chi connectivity index (χ3n) is 4.46. The third kappa shape index (κ3) is 5.16. The van der Waals surface area contributed by atoms with Gasteiger partial charge in [0.05, 0.1) is 13.2 Å². The van der Waals surface area contributed by atoms with E-state index in [1.54, 1.807) is 13.1 Å². The largest absolute Gasteiger partial charge is 0.490 e. The van der Waals surface area contributed by atoms with Crippen LogP contribution in [-0.2, 0) is 9.53 Å². The van der Waals surface area contributed by atoms with E-state index in [9.17, 15) is 9.59 Å². The maximum Gasteiger partial charge on any atom is 0.306 e. The Balaban J connectivity index is 1.46. The highest BCUT2D eigenvalue weighted by Crippen LogP contribution is 2.26. The molecule has 3 rings (SSSR count). The lowest BCUT2D eigenvalue weighted by Crippen LogP contribution is -2.24. The van der Waals surface area contributed by atoms with Gasteiger partial charge in [-0.3, -0.25) is 9.59 Å². The van der Waals surface area contributed by atoms with Crippen LogP contribution in [0, 0.1) is 0 Å². The van der Waals surface area contributed by atoms with Gasteiger partial charge >= 0.3 is 5.97 Å². The van der Waals surface area contributed by atoms with E-state index in [2.05, 4.69) is 4.98 Å². The minimum absolute atomic E-state index is 0.169. The fourth-order valence-electron chi connectivity index (χ4n) is 3.05. The fourth-order valence-corrected chi connectivity index (χ4v) is 3.05. The maximum atomic E-state index is 12.6. The number of ketones is 1. The number of Topliss-reactive ketones (excluding diaryl/α,β-unsaturated/α-hetero) is 1. The van der Waals surface area contributed by atoms with Crippen LogP contribution in [-0.4, -0.2) is 36.1 Å². The zero-order valence-corrected chi connectivity index (χ0v) is 16.6. The molecule has 152 valence electrons. The molecule has 1 atom stereocenters. The van der Waals surface area contributed by atoms with E-state index < -0.39 is 12.1 Å². The van der Waals surface area contributed by atoms with Crippen LogP contribution in [0.2, 0.25) is 0 Å². The highest BCUT2D eigenvalue weighted by molar-refractivity contribution is 6.10.